The van der Waals surface area contributed by atoms with Crippen LogP contribution < -0.4 is 5.32 Å². The summed E-state index contributed by atoms with van der Waals surface area (Å²) in [6.45, 7) is 5.57. The van der Waals surface area contributed by atoms with Crippen molar-refractivity contribution in [3.63, 3.8) is 0 Å². The minimum atomic E-state index is -1.02. The fourth-order valence-electron chi connectivity index (χ4n) is 1.28. The Balaban J connectivity index is 3.94. The number of rotatable bonds is 4. The van der Waals surface area contributed by atoms with Crippen molar-refractivity contribution in [3.05, 3.63) is 0 Å². The highest BCUT2D eigenvalue weighted by atomic mass is 16.4. The molecule has 0 aromatic carbocycles. The van der Waals surface area contributed by atoms with Crippen molar-refractivity contribution in [2.75, 3.05) is 6.61 Å². The number of hydrogen-bond acceptors (Lipinski definition) is 2. The lowest BCUT2D eigenvalue weighted by Gasteiger charge is -2.27. The van der Waals surface area contributed by atoms with Crippen LogP contribution in [-0.2, 0) is 0 Å². The van der Waals surface area contributed by atoms with Crippen LogP contribution >= 0.6 is 0 Å². The zero-order valence-electron chi connectivity index (χ0n) is 7.79. The van der Waals surface area contributed by atoms with Crippen LogP contribution in [0.5, 0.6) is 0 Å². The highest BCUT2D eigenvalue weighted by Gasteiger charge is 2.22. The molecule has 0 heterocycles. The fraction of sp³-hybridized carbons (Fsp3) is 0.875. The van der Waals surface area contributed by atoms with Gasteiger partial charge in [-0.15, -0.1) is 0 Å². The molecule has 0 aliphatic carbocycles. The van der Waals surface area contributed by atoms with Crippen LogP contribution in [0, 0.1) is 5.92 Å². The topological polar surface area (TPSA) is 69.6 Å². The van der Waals surface area contributed by atoms with Crippen LogP contribution in [0.15, 0.2) is 0 Å². The number of carbonyl (C=O) groups is 1. The zero-order chi connectivity index (χ0) is 9.78. The lowest BCUT2D eigenvalue weighted by molar-refractivity contribution is 0.165. The second-order valence-corrected chi connectivity index (χ2v) is 3.81. The predicted octanol–water partition coefficient (Wildman–Crippen LogP) is 1.05. The Labute approximate surface area is 72.6 Å². The molecule has 72 valence electrons. The maximum Gasteiger partial charge on any atom is 0.405 e. The van der Waals surface area contributed by atoms with E-state index >= 15 is 0 Å². The van der Waals surface area contributed by atoms with Gasteiger partial charge in [-0.2, -0.15) is 0 Å². The van der Waals surface area contributed by atoms with Crippen LogP contribution in [-0.4, -0.2) is 28.5 Å². The van der Waals surface area contributed by atoms with Crippen LogP contribution in [0.3, 0.4) is 0 Å². The zero-order valence-corrected chi connectivity index (χ0v) is 7.79. The Morgan fingerprint density at radius 1 is 1.58 bits per heavy atom. The van der Waals surface area contributed by atoms with Gasteiger partial charge in [-0.1, -0.05) is 6.92 Å². The van der Waals surface area contributed by atoms with Crippen LogP contribution in [0.4, 0.5) is 4.79 Å². The van der Waals surface area contributed by atoms with E-state index in [2.05, 4.69) is 5.32 Å². The molecule has 0 fully saturated rings. The van der Waals surface area contributed by atoms with E-state index in [9.17, 15) is 4.79 Å². The number of hydrogen-bond donors (Lipinski definition) is 3. The summed E-state index contributed by atoms with van der Waals surface area (Å²) < 4.78 is 0. The first-order valence-electron chi connectivity index (χ1n) is 3.99. The maximum absolute atomic E-state index is 10.3. The minimum Gasteiger partial charge on any atom is -0.465 e. The standard InChI is InChI=1S/C8H17NO3/c1-6(5-10)4-8(2,3)9-7(11)12/h6,9-10H,4-5H2,1-3H3,(H,11,12)/t6-/m1/s1. The summed E-state index contributed by atoms with van der Waals surface area (Å²) in [4.78, 5) is 10.3. The highest BCUT2D eigenvalue weighted by molar-refractivity contribution is 5.65. The summed E-state index contributed by atoms with van der Waals surface area (Å²) in [6, 6.07) is 0. The molecule has 1 atom stereocenters. The second-order valence-electron chi connectivity index (χ2n) is 3.81. The summed E-state index contributed by atoms with van der Waals surface area (Å²) in [5.74, 6) is 0.117. The first-order chi connectivity index (χ1) is 5.37. The van der Waals surface area contributed by atoms with E-state index in [1.807, 2.05) is 6.92 Å². The van der Waals surface area contributed by atoms with Crippen molar-refractivity contribution in [1.82, 2.24) is 5.32 Å². The van der Waals surface area contributed by atoms with Crippen LogP contribution in [0.1, 0.15) is 27.2 Å². The summed E-state index contributed by atoms with van der Waals surface area (Å²) >= 11 is 0. The summed E-state index contributed by atoms with van der Waals surface area (Å²) in [5.41, 5.74) is -0.464. The third kappa shape index (κ3) is 4.96. The molecule has 0 bridgehead atoms. The Morgan fingerprint density at radius 3 is 2.42 bits per heavy atom. The van der Waals surface area contributed by atoms with E-state index in [0.29, 0.717) is 6.42 Å². The molecular formula is C8H17NO3. The van der Waals surface area contributed by atoms with E-state index in [0.717, 1.165) is 0 Å². The molecule has 0 aromatic heterocycles. The third-order valence-corrected chi connectivity index (χ3v) is 1.62. The fourth-order valence-corrected chi connectivity index (χ4v) is 1.28. The van der Waals surface area contributed by atoms with Crippen molar-refractivity contribution in [1.29, 1.82) is 0 Å². The third-order valence-electron chi connectivity index (χ3n) is 1.62. The van der Waals surface area contributed by atoms with Gasteiger partial charge in [0.25, 0.3) is 0 Å². The van der Waals surface area contributed by atoms with Gasteiger partial charge < -0.3 is 15.5 Å². The van der Waals surface area contributed by atoms with Gasteiger partial charge in [0.2, 0.25) is 0 Å². The smallest absolute Gasteiger partial charge is 0.405 e. The van der Waals surface area contributed by atoms with Gasteiger partial charge in [-0.25, -0.2) is 4.79 Å². The van der Waals surface area contributed by atoms with Gasteiger partial charge in [0, 0.05) is 12.1 Å². The van der Waals surface area contributed by atoms with Gasteiger partial charge >= 0.3 is 6.09 Å². The number of amides is 1. The second kappa shape index (κ2) is 4.30. The molecular weight excluding hydrogens is 158 g/mol. The molecule has 0 aliphatic rings. The van der Waals surface area contributed by atoms with Crippen molar-refractivity contribution in [2.45, 2.75) is 32.7 Å². The molecule has 4 nitrogen and oxygen atoms in total. The van der Waals surface area contributed by atoms with Gasteiger partial charge in [0.05, 0.1) is 0 Å². The van der Waals surface area contributed by atoms with Crippen molar-refractivity contribution >= 4 is 6.09 Å². The maximum atomic E-state index is 10.3. The normalized spacial score (nSPS) is 14.0. The Bertz CT molecular complexity index is 156. The SMILES string of the molecule is C[C@@H](CO)CC(C)(C)NC(=O)O. The van der Waals surface area contributed by atoms with Gasteiger partial charge in [-0.05, 0) is 26.2 Å². The predicted molar refractivity (Wildman–Crippen MR) is 46.1 cm³/mol. The van der Waals surface area contributed by atoms with Crippen LogP contribution in [0.2, 0.25) is 0 Å². The molecule has 0 spiro atoms. The number of aliphatic hydroxyl groups is 1. The molecule has 4 heteroatoms. The molecule has 0 aromatic rings. The Hall–Kier alpha value is -0.770. The average molecular weight is 175 g/mol. The van der Waals surface area contributed by atoms with E-state index in [4.69, 9.17) is 10.2 Å². The highest BCUT2D eigenvalue weighted by Crippen LogP contribution is 2.15. The number of carboxylic acid groups (broad SMARTS) is 1. The first kappa shape index (κ1) is 11.2. The van der Waals surface area contributed by atoms with Crippen molar-refractivity contribution < 1.29 is 15.0 Å². The van der Waals surface area contributed by atoms with E-state index in [-0.39, 0.29) is 12.5 Å². The van der Waals surface area contributed by atoms with Crippen molar-refractivity contribution in [3.8, 4) is 0 Å². The van der Waals surface area contributed by atoms with Crippen molar-refractivity contribution in [2.24, 2.45) is 5.92 Å². The van der Waals surface area contributed by atoms with Gasteiger partial charge in [0.15, 0.2) is 0 Å². The quantitative estimate of drug-likeness (QED) is 0.598. The van der Waals surface area contributed by atoms with Gasteiger partial charge in [0.1, 0.15) is 0 Å². The molecule has 0 saturated heterocycles. The van der Waals surface area contributed by atoms with E-state index < -0.39 is 11.6 Å². The molecule has 1 amide bonds. The monoisotopic (exact) mass is 175 g/mol. The molecule has 0 aliphatic heterocycles. The summed E-state index contributed by atoms with van der Waals surface area (Å²) in [6.07, 6.45) is -0.388. The minimum absolute atomic E-state index is 0.0880. The molecule has 0 rings (SSSR count). The molecule has 3 N–H and O–H groups in total. The van der Waals surface area contributed by atoms with E-state index in [1.54, 1.807) is 13.8 Å². The molecule has 0 radical (unpaired) electrons. The van der Waals surface area contributed by atoms with Gasteiger partial charge in [-0.3, -0.25) is 0 Å². The number of nitrogens with one attached hydrogen (secondary N) is 1. The van der Waals surface area contributed by atoms with Crippen LogP contribution in [0.25, 0.3) is 0 Å². The average Bonchev–Trinajstić information content (AvgIpc) is 1.83. The molecule has 0 unspecified atom stereocenters. The molecule has 12 heavy (non-hydrogen) atoms. The Morgan fingerprint density at radius 2 is 2.08 bits per heavy atom. The lowest BCUT2D eigenvalue weighted by Crippen LogP contribution is -2.44. The van der Waals surface area contributed by atoms with E-state index in [1.165, 1.54) is 0 Å². The largest absolute Gasteiger partial charge is 0.465 e. The first-order valence-corrected chi connectivity index (χ1v) is 3.99. The lowest BCUT2D eigenvalue weighted by atomic mass is 9.92. The summed E-state index contributed by atoms with van der Waals surface area (Å²) in [7, 11) is 0. The molecule has 0 saturated carbocycles. The number of aliphatic hydroxyl groups excluding tert-OH is 1. The summed E-state index contributed by atoms with van der Waals surface area (Å²) in [5, 5.41) is 19.6. The Kier molecular flexibility index (Phi) is 4.03.